The van der Waals surface area contributed by atoms with E-state index in [9.17, 15) is 9.18 Å². The van der Waals surface area contributed by atoms with Crippen LogP contribution >= 0.6 is 22.6 Å². The molecular weight excluding hydrogens is 292 g/mol. The molecule has 70 valence electrons. The van der Waals surface area contributed by atoms with Gasteiger partial charge in [-0.05, 0) is 28.7 Å². The molecule has 0 radical (unpaired) electrons. The fourth-order valence-corrected chi connectivity index (χ4v) is 1.39. The number of nitrogens with zero attached hydrogens (tertiary/aromatic N) is 1. The minimum atomic E-state index is -1.70. The molecule has 0 aromatic carbocycles. The fraction of sp³-hybridized carbons (Fsp3) is 0.143. The first-order valence-electron chi connectivity index (χ1n) is 3.25. The van der Waals surface area contributed by atoms with Crippen LogP contribution in [0.15, 0.2) is 12.3 Å². The third-order valence-electron chi connectivity index (χ3n) is 1.41. The van der Waals surface area contributed by atoms with E-state index in [-0.39, 0.29) is 9.13 Å². The number of aromatic nitrogens is 1. The van der Waals surface area contributed by atoms with E-state index in [0.717, 1.165) is 6.20 Å². The first kappa shape index (κ1) is 10.3. The standard InChI is InChI=1S/C7H5FINO3/c8-6-4(9)3(1-2-10-6)5(11)7(12)13/h1-2,5,11H,(H,12,13). The van der Waals surface area contributed by atoms with E-state index in [1.165, 1.54) is 6.07 Å². The lowest BCUT2D eigenvalue weighted by atomic mass is 10.1. The van der Waals surface area contributed by atoms with Crippen molar-refractivity contribution in [1.29, 1.82) is 0 Å². The van der Waals surface area contributed by atoms with Crippen LogP contribution in [0.1, 0.15) is 11.7 Å². The summed E-state index contributed by atoms with van der Waals surface area (Å²) < 4.78 is 12.8. The third kappa shape index (κ3) is 2.13. The molecule has 1 atom stereocenters. The van der Waals surface area contributed by atoms with E-state index in [1.54, 1.807) is 22.6 Å². The van der Waals surface area contributed by atoms with E-state index in [4.69, 9.17) is 10.2 Å². The molecule has 0 saturated heterocycles. The number of carboxylic acid groups (broad SMARTS) is 1. The van der Waals surface area contributed by atoms with E-state index in [0.29, 0.717) is 0 Å². The lowest BCUT2D eigenvalue weighted by molar-refractivity contribution is -0.147. The fourth-order valence-electron chi connectivity index (χ4n) is 0.776. The van der Waals surface area contributed by atoms with Gasteiger partial charge in [0.05, 0.1) is 3.57 Å². The summed E-state index contributed by atoms with van der Waals surface area (Å²) in [4.78, 5) is 13.7. The highest BCUT2D eigenvalue weighted by Gasteiger charge is 2.20. The Hall–Kier alpha value is -0.760. The van der Waals surface area contributed by atoms with Gasteiger partial charge in [-0.25, -0.2) is 9.78 Å². The van der Waals surface area contributed by atoms with E-state index >= 15 is 0 Å². The second-order valence-corrected chi connectivity index (χ2v) is 3.32. The number of aliphatic hydroxyl groups is 1. The average Bonchev–Trinajstić information content (AvgIpc) is 2.08. The van der Waals surface area contributed by atoms with Gasteiger partial charge in [0.15, 0.2) is 6.10 Å². The van der Waals surface area contributed by atoms with E-state index < -0.39 is 18.0 Å². The van der Waals surface area contributed by atoms with Crippen LogP contribution in [-0.2, 0) is 4.79 Å². The summed E-state index contributed by atoms with van der Waals surface area (Å²) in [6.45, 7) is 0. The summed E-state index contributed by atoms with van der Waals surface area (Å²) in [6.07, 6.45) is -0.594. The Labute approximate surface area is 86.6 Å². The van der Waals surface area contributed by atoms with Crippen molar-refractivity contribution in [2.45, 2.75) is 6.10 Å². The van der Waals surface area contributed by atoms with Gasteiger partial charge in [-0.1, -0.05) is 0 Å². The molecule has 13 heavy (non-hydrogen) atoms. The lowest BCUT2D eigenvalue weighted by Gasteiger charge is -2.07. The number of carbonyl (C=O) groups is 1. The Morgan fingerprint density at radius 2 is 2.31 bits per heavy atom. The van der Waals surface area contributed by atoms with Crippen molar-refractivity contribution in [3.8, 4) is 0 Å². The molecule has 0 spiro atoms. The summed E-state index contributed by atoms with van der Waals surface area (Å²) in [5, 5.41) is 17.6. The number of hydrogen-bond donors (Lipinski definition) is 2. The number of halogens is 2. The van der Waals surface area contributed by atoms with Gasteiger partial charge in [0.1, 0.15) is 0 Å². The molecule has 6 heteroatoms. The normalized spacial score (nSPS) is 12.5. The molecule has 0 aliphatic rings. The highest BCUT2D eigenvalue weighted by molar-refractivity contribution is 14.1. The highest BCUT2D eigenvalue weighted by Crippen LogP contribution is 2.21. The maximum atomic E-state index is 12.8. The van der Waals surface area contributed by atoms with Crippen molar-refractivity contribution in [1.82, 2.24) is 4.98 Å². The van der Waals surface area contributed by atoms with Crippen LogP contribution in [0.3, 0.4) is 0 Å². The van der Waals surface area contributed by atoms with Crippen LogP contribution in [0.4, 0.5) is 4.39 Å². The minimum absolute atomic E-state index is 0.0144. The Balaban J connectivity index is 3.15. The van der Waals surface area contributed by atoms with Crippen molar-refractivity contribution in [2.24, 2.45) is 0 Å². The smallest absolute Gasteiger partial charge is 0.337 e. The Kier molecular flexibility index (Phi) is 3.15. The average molecular weight is 297 g/mol. The van der Waals surface area contributed by atoms with Gasteiger partial charge in [0.2, 0.25) is 5.95 Å². The second-order valence-electron chi connectivity index (χ2n) is 2.25. The first-order chi connectivity index (χ1) is 6.04. The predicted octanol–water partition coefficient (Wildman–Crippen LogP) is 0.943. The predicted molar refractivity (Wildman–Crippen MR) is 49.5 cm³/mol. The number of pyridine rings is 1. The topological polar surface area (TPSA) is 70.4 Å². The first-order valence-corrected chi connectivity index (χ1v) is 4.32. The molecule has 1 heterocycles. The van der Waals surface area contributed by atoms with Gasteiger partial charge >= 0.3 is 5.97 Å². The molecule has 2 N–H and O–H groups in total. The van der Waals surface area contributed by atoms with Crippen molar-refractivity contribution >= 4 is 28.6 Å². The van der Waals surface area contributed by atoms with E-state index in [2.05, 4.69) is 4.98 Å². The highest BCUT2D eigenvalue weighted by atomic mass is 127. The van der Waals surface area contributed by atoms with Gasteiger partial charge < -0.3 is 10.2 Å². The van der Waals surface area contributed by atoms with Crippen LogP contribution in [0, 0.1) is 9.52 Å². The number of hydrogen-bond acceptors (Lipinski definition) is 3. The molecular formula is C7H5FINO3. The third-order valence-corrected chi connectivity index (χ3v) is 2.47. The van der Waals surface area contributed by atoms with Gasteiger partial charge in [-0.2, -0.15) is 4.39 Å². The van der Waals surface area contributed by atoms with Gasteiger partial charge in [-0.3, -0.25) is 0 Å². The Morgan fingerprint density at radius 3 is 2.85 bits per heavy atom. The number of aliphatic hydroxyl groups excluding tert-OH is 1. The van der Waals surface area contributed by atoms with Crippen LogP contribution in [0.5, 0.6) is 0 Å². The summed E-state index contributed by atoms with van der Waals surface area (Å²) in [5.74, 6) is -2.19. The largest absolute Gasteiger partial charge is 0.479 e. The molecule has 1 rings (SSSR count). The molecule has 0 aliphatic heterocycles. The van der Waals surface area contributed by atoms with Crippen molar-refractivity contribution in [3.63, 3.8) is 0 Å². The zero-order valence-corrected chi connectivity index (χ0v) is 8.40. The number of carboxylic acids is 1. The molecule has 4 nitrogen and oxygen atoms in total. The number of aliphatic carboxylic acids is 1. The van der Waals surface area contributed by atoms with Gasteiger partial charge in [0.25, 0.3) is 0 Å². The molecule has 0 aliphatic carbocycles. The maximum absolute atomic E-state index is 12.8. The van der Waals surface area contributed by atoms with Crippen molar-refractivity contribution in [2.75, 3.05) is 0 Å². The number of rotatable bonds is 2. The lowest BCUT2D eigenvalue weighted by Crippen LogP contribution is -2.13. The molecule has 1 aromatic heterocycles. The maximum Gasteiger partial charge on any atom is 0.337 e. The molecule has 0 amide bonds. The monoisotopic (exact) mass is 297 g/mol. The molecule has 1 aromatic rings. The molecule has 0 fully saturated rings. The van der Waals surface area contributed by atoms with Crippen LogP contribution in [-0.4, -0.2) is 21.2 Å². The van der Waals surface area contributed by atoms with Crippen molar-refractivity contribution in [3.05, 3.63) is 27.3 Å². The zero-order chi connectivity index (χ0) is 10.0. The Bertz CT molecular complexity index is 345. The van der Waals surface area contributed by atoms with Crippen molar-refractivity contribution < 1.29 is 19.4 Å². The minimum Gasteiger partial charge on any atom is -0.479 e. The zero-order valence-electron chi connectivity index (χ0n) is 6.24. The van der Waals surface area contributed by atoms with Crippen LogP contribution < -0.4 is 0 Å². The summed E-state index contributed by atoms with van der Waals surface area (Å²) >= 11 is 1.59. The van der Waals surface area contributed by atoms with E-state index in [1.807, 2.05) is 0 Å². The quantitative estimate of drug-likeness (QED) is 0.629. The van der Waals surface area contributed by atoms with Gasteiger partial charge in [0, 0.05) is 11.8 Å². The van der Waals surface area contributed by atoms with Gasteiger partial charge in [-0.15, -0.1) is 0 Å². The molecule has 0 bridgehead atoms. The summed E-state index contributed by atoms with van der Waals surface area (Å²) in [5.41, 5.74) is 0.0144. The molecule has 0 saturated carbocycles. The SMILES string of the molecule is O=C(O)C(O)c1ccnc(F)c1I. The Morgan fingerprint density at radius 1 is 1.69 bits per heavy atom. The van der Waals surface area contributed by atoms with Crippen LogP contribution in [0.2, 0.25) is 0 Å². The summed E-state index contributed by atoms with van der Waals surface area (Å²) in [7, 11) is 0. The van der Waals surface area contributed by atoms with Crippen LogP contribution in [0.25, 0.3) is 0 Å². The second kappa shape index (κ2) is 3.97. The molecule has 1 unspecified atom stereocenters. The summed E-state index contributed by atoms with van der Waals surface area (Å²) in [6, 6.07) is 1.27.